The van der Waals surface area contributed by atoms with Gasteiger partial charge in [0.15, 0.2) is 0 Å². The molecule has 0 amide bonds. The number of hydrogen-bond acceptors (Lipinski definition) is 2. The Morgan fingerprint density at radius 2 is 1.70 bits per heavy atom. The zero-order valence-electron chi connectivity index (χ0n) is 10.8. The molecule has 2 aromatic rings. The molecule has 2 N–H and O–H groups in total. The van der Waals surface area contributed by atoms with Crippen molar-refractivity contribution in [1.29, 1.82) is 0 Å². The largest absolute Gasteiger partial charge is 0.435 e. The summed E-state index contributed by atoms with van der Waals surface area (Å²) >= 11 is 0. The highest BCUT2D eigenvalue weighted by Gasteiger charge is 2.12. The highest BCUT2D eigenvalue weighted by atomic mass is 19.3. The molecule has 0 aliphatic carbocycles. The molecule has 0 radical (unpaired) electrons. The van der Waals surface area contributed by atoms with Crippen LogP contribution in [-0.2, 0) is 0 Å². The number of halogens is 3. The van der Waals surface area contributed by atoms with Crippen LogP contribution < -0.4 is 10.5 Å². The van der Waals surface area contributed by atoms with Crippen molar-refractivity contribution in [2.75, 3.05) is 0 Å². The average Bonchev–Trinajstić information content (AvgIpc) is 2.38. The number of aryl methyl sites for hydroxylation is 1. The third-order valence-corrected chi connectivity index (χ3v) is 3.03. The summed E-state index contributed by atoms with van der Waals surface area (Å²) in [5, 5.41) is 0. The van der Waals surface area contributed by atoms with Gasteiger partial charge in [-0.25, -0.2) is 4.39 Å². The minimum atomic E-state index is -2.85. The second-order valence-corrected chi connectivity index (χ2v) is 4.43. The first kappa shape index (κ1) is 14.4. The van der Waals surface area contributed by atoms with Gasteiger partial charge < -0.3 is 10.5 Å². The summed E-state index contributed by atoms with van der Waals surface area (Å²) < 4.78 is 41.4. The van der Waals surface area contributed by atoms with Gasteiger partial charge in [-0.1, -0.05) is 18.2 Å². The molecule has 20 heavy (non-hydrogen) atoms. The van der Waals surface area contributed by atoms with Gasteiger partial charge in [-0.05, 0) is 47.9 Å². The van der Waals surface area contributed by atoms with E-state index in [0.29, 0.717) is 0 Å². The van der Waals surface area contributed by atoms with Gasteiger partial charge in [0, 0.05) is 0 Å². The monoisotopic (exact) mass is 281 g/mol. The maximum atomic E-state index is 13.1. The lowest BCUT2D eigenvalue weighted by molar-refractivity contribution is -0.0498. The Kier molecular flexibility index (Phi) is 4.29. The predicted octanol–water partition coefficient (Wildman–Crippen LogP) is 3.78. The number of nitrogens with two attached hydrogens (primary N) is 1. The van der Waals surface area contributed by atoms with Gasteiger partial charge in [-0.3, -0.25) is 0 Å². The molecule has 0 aromatic heterocycles. The highest BCUT2D eigenvalue weighted by Crippen LogP contribution is 2.25. The molecule has 0 saturated carbocycles. The van der Waals surface area contributed by atoms with Gasteiger partial charge in [0.2, 0.25) is 0 Å². The Morgan fingerprint density at radius 3 is 2.25 bits per heavy atom. The van der Waals surface area contributed by atoms with E-state index in [0.717, 1.165) is 16.7 Å². The van der Waals surface area contributed by atoms with E-state index in [9.17, 15) is 13.2 Å². The minimum absolute atomic E-state index is 0.0757. The van der Waals surface area contributed by atoms with Crippen LogP contribution in [0.5, 0.6) is 5.75 Å². The standard InChI is InChI=1S/C15H14F3NO/c1-9-8-11(16)4-7-13(9)14(19)10-2-5-12(6-3-10)20-15(17)18/h2-8,14-15H,19H2,1H3. The highest BCUT2D eigenvalue weighted by molar-refractivity contribution is 5.38. The van der Waals surface area contributed by atoms with E-state index >= 15 is 0 Å². The molecule has 0 heterocycles. The molecule has 0 saturated heterocycles. The van der Waals surface area contributed by atoms with Crippen molar-refractivity contribution in [1.82, 2.24) is 0 Å². The zero-order chi connectivity index (χ0) is 14.7. The normalized spacial score (nSPS) is 12.5. The van der Waals surface area contributed by atoms with Gasteiger partial charge in [-0.2, -0.15) is 8.78 Å². The average molecular weight is 281 g/mol. The number of hydrogen-bond donors (Lipinski definition) is 1. The van der Waals surface area contributed by atoms with Crippen molar-refractivity contribution >= 4 is 0 Å². The quantitative estimate of drug-likeness (QED) is 0.925. The molecule has 5 heteroatoms. The van der Waals surface area contributed by atoms with Crippen LogP contribution in [0.3, 0.4) is 0 Å². The Labute approximate surface area is 115 Å². The van der Waals surface area contributed by atoms with Crippen molar-refractivity contribution < 1.29 is 17.9 Å². The third-order valence-electron chi connectivity index (χ3n) is 3.03. The van der Waals surface area contributed by atoms with E-state index in [1.165, 1.54) is 24.3 Å². The second-order valence-electron chi connectivity index (χ2n) is 4.43. The number of benzene rings is 2. The topological polar surface area (TPSA) is 35.2 Å². The molecule has 0 spiro atoms. The van der Waals surface area contributed by atoms with Crippen LogP contribution in [-0.4, -0.2) is 6.61 Å². The summed E-state index contributed by atoms with van der Waals surface area (Å²) in [5.41, 5.74) is 8.37. The third kappa shape index (κ3) is 3.30. The second kappa shape index (κ2) is 5.96. The molecule has 0 aliphatic heterocycles. The molecule has 1 atom stereocenters. The summed E-state index contributed by atoms with van der Waals surface area (Å²) in [6, 6.07) is 10.0. The first-order chi connectivity index (χ1) is 9.47. The fourth-order valence-corrected chi connectivity index (χ4v) is 2.02. The Balaban J connectivity index is 2.22. The van der Waals surface area contributed by atoms with E-state index in [1.807, 2.05) is 0 Å². The fraction of sp³-hybridized carbons (Fsp3) is 0.200. The number of rotatable bonds is 4. The molecule has 1 unspecified atom stereocenters. The summed E-state index contributed by atoms with van der Waals surface area (Å²) in [6.45, 7) is -1.08. The molecule has 106 valence electrons. The van der Waals surface area contributed by atoms with E-state index in [4.69, 9.17) is 5.73 Å². The molecule has 2 nitrogen and oxygen atoms in total. The van der Waals surface area contributed by atoms with E-state index in [-0.39, 0.29) is 11.6 Å². The van der Waals surface area contributed by atoms with Crippen LogP contribution in [0.25, 0.3) is 0 Å². The number of ether oxygens (including phenoxy) is 1. The summed E-state index contributed by atoms with van der Waals surface area (Å²) in [6.07, 6.45) is 0. The van der Waals surface area contributed by atoms with Gasteiger partial charge in [0.05, 0.1) is 6.04 Å². The van der Waals surface area contributed by atoms with Crippen molar-refractivity contribution in [2.24, 2.45) is 5.73 Å². The van der Waals surface area contributed by atoms with Gasteiger partial charge in [0.1, 0.15) is 11.6 Å². The van der Waals surface area contributed by atoms with Crippen molar-refractivity contribution in [3.63, 3.8) is 0 Å². The maximum Gasteiger partial charge on any atom is 0.387 e. The van der Waals surface area contributed by atoms with Crippen LogP contribution in [0.4, 0.5) is 13.2 Å². The summed E-state index contributed by atoms with van der Waals surface area (Å²) in [7, 11) is 0. The van der Waals surface area contributed by atoms with Crippen LogP contribution in [0.2, 0.25) is 0 Å². The van der Waals surface area contributed by atoms with Crippen molar-refractivity contribution in [3.05, 3.63) is 65.0 Å². The molecular formula is C15H14F3NO. The van der Waals surface area contributed by atoms with Crippen LogP contribution in [0, 0.1) is 12.7 Å². The Hall–Kier alpha value is -2.01. The van der Waals surface area contributed by atoms with Crippen molar-refractivity contribution in [2.45, 2.75) is 19.6 Å². The lowest BCUT2D eigenvalue weighted by Gasteiger charge is -2.16. The first-order valence-corrected chi connectivity index (χ1v) is 6.04. The maximum absolute atomic E-state index is 13.1. The Bertz CT molecular complexity index is 584. The molecule has 0 aliphatic rings. The van der Waals surface area contributed by atoms with Gasteiger partial charge in [-0.15, -0.1) is 0 Å². The van der Waals surface area contributed by atoms with E-state index in [1.54, 1.807) is 25.1 Å². The molecule has 0 fully saturated rings. The SMILES string of the molecule is Cc1cc(F)ccc1C(N)c1ccc(OC(F)F)cc1. The molecule has 2 rings (SSSR count). The molecular weight excluding hydrogens is 267 g/mol. The van der Waals surface area contributed by atoms with Gasteiger partial charge >= 0.3 is 6.61 Å². The Morgan fingerprint density at radius 1 is 1.05 bits per heavy atom. The molecule has 0 bridgehead atoms. The smallest absolute Gasteiger partial charge is 0.387 e. The first-order valence-electron chi connectivity index (χ1n) is 6.04. The lowest BCUT2D eigenvalue weighted by Crippen LogP contribution is -2.13. The summed E-state index contributed by atoms with van der Waals surface area (Å²) in [5.74, 6) is -0.245. The van der Waals surface area contributed by atoms with Crippen LogP contribution in [0.1, 0.15) is 22.7 Å². The van der Waals surface area contributed by atoms with Crippen LogP contribution in [0.15, 0.2) is 42.5 Å². The zero-order valence-corrected chi connectivity index (χ0v) is 10.8. The van der Waals surface area contributed by atoms with E-state index < -0.39 is 12.7 Å². The molecule has 2 aromatic carbocycles. The van der Waals surface area contributed by atoms with Crippen LogP contribution >= 0.6 is 0 Å². The lowest BCUT2D eigenvalue weighted by atomic mass is 9.96. The van der Waals surface area contributed by atoms with Crippen molar-refractivity contribution in [3.8, 4) is 5.75 Å². The van der Waals surface area contributed by atoms with Gasteiger partial charge in [0.25, 0.3) is 0 Å². The number of alkyl halides is 2. The summed E-state index contributed by atoms with van der Waals surface area (Å²) in [4.78, 5) is 0. The minimum Gasteiger partial charge on any atom is -0.435 e. The fourth-order valence-electron chi connectivity index (χ4n) is 2.02. The van der Waals surface area contributed by atoms with E-state index in [2.05, 4.69) is 4.74 Å². The predicted molar refractivity (Wildman–Crippen MR) is 70.2 cm³/mol.